The second kappa shape index (κ2) is 7.54. The van der Waals surface area contributed by atoms with Crippen LogP contribution in [0.15, 0.2) is 28.9 Å². The molecule has 2 rings (SSSR count). The van der Waals surface area contributed by atoms with E-state index in [9.17, 15) is 13.6 Å². The number of amides is 1. The van der Waals surface area contributed by atoms with E-state index in [0.717, 1.165) is 15.7 Å². The molecule has 0 aliphatic heterocycles. The van der Waals surface area contributed by atoms with Crippen molar-refractivity contribution in [3.05, 3.63) is 40.1 Å². The maximum Gasteiger partial charge on any atom is 0.387 e. The third-order valence-corrected chi connectivity index (χ3v) is 3.86. The monoisotopic (exact) mass is 387 g/mol. The van der Waals surface area contributed by atoms with Crippen molar-refractivity contribution in [1.82, 2.24) is 9.78 Å². The van der Waals surface area contributed by atoms with E-state index in [1.54, 1.807) is 29.9 Å². The van der Waals surface area contributed by atoms with Crippen LogP contribution >= 0.6 is 15.9 Å². The van der Waals surface area contributed by atoms with E-state index < -0.39 is 6.61 Å². The number of rotatable bonds is 6. The molecule has 0 unspecified atom stereocenters. The summed E-state index contributed by atoms with van der Waals surface area (Å²) >= 11 is 3.34. The summed E-state index contributed by atoms with van der Waals surface area (Å²) < 4.78 is 31.8. The van der Waals surface area contributed by atoms with Crippen LogP contribution in [0.25, 0.3) is 0 Å². The Labute approximate surface area is 140 Å². The van der Waals surface area contributed by atoms with Gasteiger partial charge in [0.1, 0.15) is 5.75 Å². The number of nitrogens with one attached hydrogen (secondary N) is 1. The number of anilines is 1. The second-order valence-electron chi connectivity index (χ2n) is 5.00. The fourth-order valence-corrected chi connectivity index (χ4v) is 2.28. The van der Waals surface area contributed by atoms with Gasteiger partial charge in [0.2, 0.25) is 5.91 Å². The Morgan fingerprint density at radius 3 is 2.78 bits per heavy atom. The lowest BCUT2D eigenvalue weighted by Crippen LogP contribution is -2.16. The molecule has 1 amide bonds. The number of hydrogen-bond donors (Lipinski definition) is 1. The summed E-state index contributed by atoms with van der Waals surface area (Å²) in [6.07, 6.45) is 1.94. The molecule has 0 aliphatic carbocycles. The minimum atomic E-state index is -2.95. The number of aryl methyl sites for hydroxylation is 3. The summed E-state index contributed by atoms with van der Waals surface area (Å²) in [6.45, 7) is 1.04. The van der Waals surface area contributed by atoms with Crippen LogP contribution in [-0.4, -0.2) is 22.3 Å². The number of nitrogens with zero attached hydrogens (tertiary/aromatic N) is 2. The van der Waals surface area contributed by atoms with Gasteiger partial charge in [-0.1, -0.05) is 6.07 Å². The van der Waals surface area contributed by atoms with Crippen molar-refractivity contribution >= 4 is 27.5 Å². The molecule has 124 valence electrons. The highest BCUT2D eigenvalue weighted by Gasteiger charge is 2.13. The summed E-state index contributed by atoms with van der Waals surface area (Å²) in [5.74, 6) is -0.358. The molecule has 23 heavy (non-hydrogen) atoms. The van der Waals surface area contributed by atoms with Crippen LogP contribution in [0.3, 0.4) is 0 Å². The molecule has 5 nitrogen and oxygen atoms in total. The lowest BCUT2D eigenvalue weighted by Gasteiger charge is -2.12. The summed E-state index contributed by atoms with van der Waals surface area (Å²) in [4.78, 5) is 12.0. The first-order valence-corrected chi connectivity index (χ1v) is 7.69. The van der Waals surface area contributed by atoms with Gasteiger partial charge in [-0.3, -0.25) is 9.48 Å². The number of hydrogen-bond acceptors (Lipinski definition) is 3. The Morgan fingerprint density at radius 2 is 2.17 bits per heavy atom. The fourth-order valence-electron chi connectivity index (χ4n) is 1.96. The predicted molar refractivity (Wildman–Crippen MR) is 85.7 cm³/mol. The highest BCUT2D eigenvalue weighted by molar-refractivity contribution is 9.10. The molecule has 0 radical (unpaired) electrons. The number of alkyl halides is 2. The molecule has 0 aliphatic rings. The summed E-state index contributed by atoms with van der Waals surface area (Å²) in [6, 6.07) is 4.71. The van der Waals surface area contributed by atoms with E-state index in [4.69, 9.17) is 0 Å². The number of halogens is 3. The maximum atomic E-state index is 12.4. The van der Waals surface area contributed by atoms with Gasteiger partial charge in [-0.05, 0) is 47.5 Å². The lowest BCUT2D eigenvalue weighted by molar-refractivity contribution is -0.116. The zero-order chi connectivity index (χ0) is 17.0. The fraction of sp³-hybridized carbons (Fsp3) is 0.333. The summed E-state index contributed by atoms with van der Waals surface area (Å²) in [5, 5.41) is 6.81. The Kier molecular flexibility index (Phi) is 5.70. The Balaban J connectivity index is 1.99. The molecule has 1 heterocycles. The minimum absolute atomic E-state index is 0.0500. The van der Waals surface area contributed by atoms with Gasteiger partial charge < -0.3 is 10.1 Å². The highest BCUT2D eigenvalue weighted by atomic mass is 79.9. The first kappa shape index (κ1) is 17.4. The second-order valence-corrected chi connectivity index (χ2v) is 5.86. The maximum absolute atomic E-state index is 12.4. The van der Waals surface area contributed by atoms with Crippen LogP contribution < -0.4 is 10.1 Å². The highest BCUT2D eigenvalue weighted by Crippen LogP contribution is 2.27. The van der Waals surface area contributed by atoms with Crippen LogP contribution in [-0.2, 0) is 11.3 Å². The zero-order valence-corrected chi connectivity index (χ0v) is 14.2. The van der Waals surface area contributed by atoms with E-state index in [0.29, 0.717) is 6.54 Å². The SMILES string of the molecule is Cc1ccc(NC(=O)CCn2cc(Br)c(C)n2)c(OC(F)F)c1. The standard InChI is InChI=1S/C15H16BrF2N3O2/c1-9-3-4-12(13(7-9)23-15(17)18)19-14(22)5-6-21-8-11(16)10(2)20-21/h3-4,7-8,15H,5-6H2,1-2H3,(H,19,22). The molecule has 0 bridgehead atoms. The van der Waals surface area contributed by atoms with Crippen LogP contribution in [0.1, 0.15) is 17.7 Å². The van der Waals surface area contributed by atoms with Crippen molar-refractivity contribution < 1.29 is 18.3 Å². The Bertz CT molecular complexity index is 685. The first-order valence-electron chi connectivity index (χ1n) is 6.90. The van der Waals surface area contributed by atoms with Crippen LogP contribution in [0.5, 0.6) is 5.75 Å². The smallest absolute Gasteiger partial charge is 0.387 e. The van der Waals surface area contributed by atoms with Gasteiger partial charge in [-0.2, -0.15) is 13.9 Å². The van der Waals surface area contributed by atoms with E-state index >= 15 is 0 Å². The van der Waals surface area contributed by atoms with Gasteiger partial charge in [0.15, 0.2) is 0 Å². The van der Waals surface area contributed by atoms with Crippen molar-refractivity contribution in [2.24, 2.45) is 0 Å². The average Bonchev–Trinajstić information content (AvgIpc) is 2.78. The Hall–Kier alpha value is -1.96. The van der Waals surface area contributed by atoms with Crippen molar-refractivity contribution in [1.29, 1.82) is 0 Å². The summed E-state index contributed by atoms with van der Waals surface area (Å²) in [5.41, 5.74) is 1.81. The van der Waals surface area contributed by atoms with Crippen molar-refractivity contribution in [3.63, 3.8) is 0 Å². The minimum Gasteiger partial charge on any atom is -0.433 e. The topological polar surface area (TPSA) is 56.2 Å². The normalized spacial score (nSPS) is 10.9. The molecule has 0 saturated heterocycles. The van der Waals surface area contributed by atoms with Crippen LogP contribution in [0, 0.1) is 13.8 Å². The number of benzene rings is 1. The average molecular weight is 388 g/mol. The molecule has 1 N–H and O–H groups in total. The van der Waals surface area contributed by atoms with E-state index in [2.05, 4.69) is 31.1 Å². The van der Waals surface area contributed by atoms with Crippen molar-refractivity contribution in [2.45, 2.75) is 33.4 Å². The molecule has 1 aromatic heterocycles. The molecular formula is C15H16BrF2N3O2. The van der Waals surface area contributed by atoms with Crippen LogP contribution in [0.2, 0.25) is 0 Å². The lowest BCUT2D eigenvalue weighted by atomic mass is 10.2. The molecule has 0 spiro atoms. The zero-order valence-electron chi connectivity index (χ0n) is 12.6. The third-order valence-electron chi connectivity index (χ3n) is 3.08. The first-order chi connectivity index (χ1) is 10.8. The van der Waals surface area contributed by atoms with Crippen molar-refractivity contribution in [3.8, 4) is 5.75 Å². The van der Waals surface area contributed by atoms with Gasteiger partial charge in [-0.25, -0.2) is 0 Å². The predicted octanol–water partition coefficient (Wildman–Crippen LogP) is 3.89. The number of ether oxygens (including phenoxy) is 1. The van der Waals surface area contributed by atoms with Gasteiger partial charge in [0.05, 0.1) is 15.9 Å². The molecular weight excluding hydrogens is 372 g/mol. The van der Waals surface area contributed by atoms with Gasteiger partial charge in [-0.15, -0.1) is 0 Å². The number of carbonyl (C=O) groups excluding carboxylic acids is 1. The van der Waals surface area contributed by atoms with Gasteiger partial charge in [0, 0.05) is 19.2 Å². The molecule has 1 aromatic carbocycles. The van der Waals surface area contributed by atoms with Gasteiger partial charge >= 0.3 is 6.61 Å². The molecule has 0 fully saturated rings. The van der Waals surface area contributed by atoms with E-state index in [1.165, 1.54) is 6.07 Å². The van der Waals surface area contributed by atoms with Crippen LogP contribution in [0.4, 0.5) is 14.5 Å². The molecule has 8 heteroatoms. The quantitative estimate of drug-likeness (QED) is 0.817. The Morgan fingerprint density at radius 1 is 1.43 bits per heavy atom. The molecule has 0 atom stereocenters. The summed E-state index contributed by atoms with van der Waals surface area (Å²) in [7, 11) is 0. The molecule has 0 saturated carbocycles. The largest absolute Gasteiger partial charge is 0.433 e. The number of carbonyl (C=O) groups is 1. The molecule has 2 aromatic rings. The third kappa shape index (κ3) is 5.02. The number of aromatic nitrogens is 2. The van der Waals surface area contributed by atoms with Gasteiger partial charge in [0.25, 0.3) is 0 Å². The van der Waals surface area contributed by atoms with Crippen molar-refractivity contribution in [2.75, 3.05) is 5.32 Å². The van der Waals surface area contributed by atoms with E-state index in [1.807, 2.05) is 6.92 Å². The van der Waals surface area contributed by atoms with E-state index in [-0.39, 0.29) is 23.8 Å².